The molecule has 3 aromatic rings. The average molecular weight is 577 g/mol. The summed E-state index contributed by atoms with van der Waals surface area (Å²) in [4.78, 5) is 20.7. The summed E-state index contributed by atoms with van der Waals surface area (Å²) in [5, 5.41) is 15.3. The molecule has 0 aliphatic carbocycles. The highest BCUT2D eigenvalue weighted by molar-refractivity contribution is 7.89. The van der Waals surface area contributed by atoms with Crippen LogP contribution in [-0.4, -0.2) is 73.1 Å². The third kappa shape index (κ3) is 8.69. The highest BCUT2D eigenvalue weighted by Gasteiger charge is 2.28. The number of ether oxygens (including phenoxy) is 2. The molecule has 2 N–H and O–H groups in total. The molecule has 0 aromatic heterocycles. The van der Waals surface area contributed by atoms with Gasteiger partial charge in [0.25, 0.3) is 0 Å². The molecule has 1 heterocycles. The van der Waals surface area contributed by atoms with Crippen LogP contribution in [0, 0.1) is 0 Å². The van der Waals surface area contributed by atoms with Gasteiger partial charge >= 0.3 is 11.9 Å². The van der Waals surface area contributed by atoms with Crippen LogP contribution in [-0.2, 0) is 32.8 Å². The first-order valence-corrected chi connectivity index (χ1v) is 13.7. The molecule has 1 aliphatic heterocycles. The van der Waals surface area contributed by atoms with Crippen molar-refractivity contribution >= 4 is 33.6 Å². The summed E-state index contributed by atoms with van der Waals surface area (Å²) < 4.78 is 38.8. The predicted molar refractivity (Wildman–Crippen MR) is 145 cm³/mol. The van der Waals surface area contributed by atoms with Gasteiger partial charge in [0, 0.05) is 37.7 Å². The van der Waals surface area contributed by atoms with Crippen LogP contribution in [0.4, 0.5) is 0 Å². The number of nitrogens with zero attached hydrogens (tertiary/aromatic N) is 2. The molecule has 0 amide bonds. The zero-order chi connectivity index (χ0) is 28.4. The Morgan fingerprint density at radius 2 is 1.46 bits per heavy atom. The standard InChI is InChI=1S/C25H27ClN2O4S.C2H2O4/c1-31-24-12-7-21(17-25(24)32-19-20-5-3-2-4-6-20)18-27-13-15-28(16-14-27)33(29,30)23-10-8-22(26)9-11-23;3-1(4)2(5)6/h2-12,17H,13-16,18-19H2,1H3;(H,3,4)(H,5,6). The molecular formula is C27H29ClN2O8S. The van der Waals surface area contributed by atoms with Crippen molar-refractivity contribution in [1.82, 2.24) is 9.21 Å². The number of aliphatic carboxylic acids is 2. The molecule has 0 bridgehead atoms. The maximum atomic E-state index is 12.9. The summed E-state index contributed by atoms with van der Waals surface area (Å²) in [6, 6.07) is 22.2. The van der Waals surface area contributed by atoms with Gasteiger partial charge in [-0.05, 0) is 47.5 Å². The molecule has 10 nitrogen and oxygen atoms in total. The van der Waals surface area contributed by atoms with Gasteiger partial charge in [-0.3, -0.25) is 4.90 Å². The fourth-order valence-corrected chi connectivity index (χ4v) is 5.36. The fourth-order valence-electron chi connectivity index (χ4n) is 3.81. The Kier molecular flexibility index (Phi) is 10.7. The van der Waals surface area contributed by atoms with Crippen molar-refractivity contribution < 1.29 is 37.7 Å². The first-order valence-electron chi connectivity index (χ1n) is 11.9. The lowest BCUT2D eigenvalue weighted by atomic mass is 10.1. The second-order valence-electron chi connectivity index (χ2n) is 8.50. The number of methoxy groups -OCH3 is 1. The number of benzene rings is 3. The quantitative estimate of drug-likeness (QED) is 0.386. The molecule has 39 heavy (non-hydrogen) atoms. The first-order chi connectivity index (χ1) is 18.6. The van der Waals surface area contributed by atoms with Crippen LogP contribution in [0.2, 0.25) is 5.02 Å². The molecule has 0 spiro atoms. The molecule has 208 valence electrons. The van der Waals surface area contributed by atoms with Crippen LogP contribution >= 0.6 is 11.6 Å². The van der Waals surface area contributed by atoms with Crippen LogP contribution in [0.25, 0.3) is 0 Å². The second kappa shape index (κ2) is 13.9. The van der Waals surface area contributed by atoms with Gasteiger partial charge in [-0.2, -0.15) is 4.31 Å². The normalized spacial score (nSPS) is 14.1. The molecule has 3 aromatic carbocycles. The molecule has 1 fully saturated rings. The van der Waals surface area contributed by atoms with Gasteiger partial charge in [-0.25, -0.2) is 18.0 Å². The summed E-state index contributed by atoms with van der Waals surface area (Å²) in [5.74, 6) is -2.26. The van der Waals surface area contributed by atoms with Gasteiger partial charge in [-0.15, -0.1) is 0 Å². The van der Waals surface area contributed by atoms with Gasteiger partial charge in [0.1, 0.15) is 6.61 Å². The lowest BCUT2D eigenvalue weighted by Gasteiger charge is -2.34. The van der Waals surface area contributed by atoms with Crippen molar-refractivity contribution in [3.05, 3.63) is 88.9 Å². The van der Waals surface area contributed by atoms with Crippen molar-refractivity contribution in [2.45, 2.75) is 18.0 Å². The minimum Gasteiger partial charge on any atom is -0.493 e. The van der Waals surface area contributed by atoms with Gasteiger partial charge in [-0.1, -0.05) is 48.0 Å². The van der Waals surface area contributed by atoms with E-state index in [9.17, 15) is 8.42 Å². The second-order valence-corrected chi connectivity index (χ2v) is 10.9. The molecular weight excluding hydrogens is 548 g/mol. The molecule has 0 saturated carbocycles. The lowest BCUT2D eigenvalue weighted by molar-refractivity contribution is -0.159. The Balaban J connectivity index is 0.000000631. The Labute approximate surface area is 232 Å². The zero-order valence-electron chi connectivity index (χ0n) is 21.2. The van der Waals surface area contributed by atoms with E-state index in [2.05, 4.69) is 4.90 Å². The fraction of sp³-hybridized carbons (Fsp3) is 0.259. The first kappa shape index (κ1) is 29.9. The van der Waals surface area contributed by atoms with Gasteiger partial charge < -0.3 is 19.7 Å². The van der Waals surface area contributed by atoms with Crippen LogP contribution < -0.4 is 9.47 Å². The summed E-state index contributed by atoms with van der Waals surface area (Å²) in [5.41, 5.74) is 2.18. The van der Waals surface area contributed by atoms with Crippen LogP contribution in [0.1, 0.15) is 11.1 Å². The van der Waals surface area contributed by atoms with Gasteiger partial charge in [0.15, 0.2) is 11.5 Å². The van der Waals surface area contributed by atoms with Crippen LogP contribution in [0.3, 0.4) is 0 Å². The monoisotopic (exact) mass is 576 g/mol. The Bertz CT molecular complexity index is 1350. The number of carboxylic acids is 2. The number of sulfonamides is 1. The molecule has 1 aliphatic rings. The smallest absolute Gasteiger partial charge is 0.414 e. The largest absolute Gasteiger partial charge is 0.493 e. The van der Waals surface area contributed by atoms with Crippen molar-refractivity contribution in [3.8, 4) is 11.5 Å². The number of piperazine rings is 1. The number of rotatable bonds is 8. The van der Waals surface area contributed by atoms with Crippen molar-refractivity contribution in [1.29, 1.82) is 0 Å². The maximum Gasteiger partial charge on any atom is 0.414 e. The van der Waals surface area contributed by atoms with Crippen molar-refractivity contribution in [3.63, 3.8) is 0 Å². The Hall–Kier alpha value is -3.64. The van der Waals surface area contributed by atoms with Crippen LogP contribution in [0.5, 0.6) is 11.5 Å². The van der Waals surface area contributed by atoms with Crippen molar-refractivity contribution in [2.24, 2.45) is 0 Å². The molecule has 12 heteroatoms. The third-order valence-electron chi connectivity index (χ3n) is 5.84. The Morgan fingerprint density at radius 3 is 2.03 bits per heavy atom. The zero-order valence-corrected chi connectivity index (χ0v) is 22.8. The summed E-state index contributed by atoms with van der Waals surface area (Å²) >= 11 is 5.89. The summed E-state index contributed by atoms with van der Waals surface area (Å²) in [6.07, 6.45) is 0. The average Bonchev–Trinajstić information content (AvgIpc) is 2.93. The van der Waals surface area contributed by atoms with E-state index in [4.69, 9.17) is 40.9 Å². The molecule has 4 rings (SSSR count). The minimum absolute atomic E-state index is 0.274. The highest BCUT2D eigenvalue weighted by atomic mass is 35.5. The maximum absolute atomic E-state index is 12.9. The molecule has 0 atom stereocenters. The highest BCUT2D eigenvalue weighted by Crippen LogP contribution is 2.30. The van der Waals surface area contributed by atoms with Gasteiger partial charge in [0.05, 0.1) is 12.0 Å². The summed E-state index contributed by atoms with van der Waals surface area (Å²) in [7, 11) is -1.88. The SMILES string of the molecule is COc1ccc(CN2CCN(S(=O)(=O)c3ccc(Cl)cc3)CC2)cc1OCc1ccccc1.O=C(O)C(=O)O. The predicted octanol–water partition coefficient (Wildman–Crippen LogP) is 3.59. The Morgan fingerprint density at radius 1 is 0.846 bits per heavy atom. The molecule has 1 saturated heterocycles. The third-order valence-corrected chi connectivity index (χ3v) is 8.00. The minimum atomic E-state index is -3.51. The van der Waals surface area contributed by atoms with E-state index in [-0.39, 0.29) is 4.90 Å². The van der Waals surface area contributed by atoms with E-state index in [1.807, 2.05) is 48.5 Å². The van der Waals surface area contributed by atoms with Crippen molar-refractivity contribution in [2.75, 3.05) is 33.3 Å². The van der Waals surface area contributed by atoms with E-state index in [1.165, 1.54) is 4.31 Å². The number of carbonyl (C=O) groups is 2. The number of hydrogen-bond donors (Lipinski definition) is 2. The number of carboxylic acid groups (broad SMARTS) is 2. The van der Waals surface area contributed by atoms with Gasteiger partial charge in [0.2, 0.25) is 10.0 Å². The summed E-state index contributed by atoms with van der Waals surface area (Å²) in [6.45, 7) is 3.36. The number of halogens is 1. The van der Waals surface area contributed by atoms with E-state index in [0.29, 0.717) is 55.9 Å². The molecule has 0 unspecified atom stereocenters. The molecule has 0 radical (unpaired) electrons. The van der Waals surface area contributed by atoms with E-state index < -0.39 is 22.0 Å². The topological polar surface area (TPSA) is 134 Å². The van der Waals surface area contributed by atoms with E-state index in [1.54, 1.807) is 31.4 Å². The van der Waals surface area contributed by atoms with Crippen LogP contribution in [0.15, 0.2) is 77.7 Å². The number of hydrogen-bond acceptors (Lipinski definition) is 7. The van der Waals surface area contributed by atoms with E-state index >= 15 is 0 Å². The lowest BCUT2D eigenvalue weighted by Crippen LogP contribution is -2.48. The van der Waals surface area contributed by atoms with E-state index in [0.717, 1.165) is 11.1 Å².